The van der Waals surface area contributed by atoms with Crippen LogP contribution in [0.25, 0.3) is 10.2 Å². The summed E-state index contributed by atoms with van der Waals surface area (Å²) in [5, 5.41) is 5.81. The van der Waals surface area contributed by atoms with Crippen LogP contribution in [-0.2, 0) is 4.79 Å². The number of rotatable bonds is 8. The Morgan fingerprint density at radius 3 is 2.54 bits per heavy atom. The molecule has 3 rings (SSSR count). The van der Waals surface area contributed by atoms with Crippen LogP contribution in [0.5, 0.6) is 11.5 Å². The molecule has 0 atom stereocenters. The van der Waals surface area contributed by atoms with E-state index in [9.17, 15) is 9.59 Å². The quantitative estimate of drug-likeness (QED) is 0.605. The second-order valence-corrected chi connectivity index (χ2v) is 6.78. The summed E-state index contributed by atoms with van der Waals surface area (Å²) in [7, 11) is 0. The zero-order chi connectivity index (χ0) is 19.9. The average Bonchev–Trinajstić information content (AvgIpc) is 3.10. The molecule has 7 nitrogen and oxygen atoms in total. The Kier molecular flexibility index (Phi) is 6.44. The fourth-order valence-corrected chi connectivity index (χ4v) is 3.43. The molecule has 0 unspecified atom stereocenters. The first kappa shape index (κ1) is 19.6. The van der Waals surface area contributed by atoms with Gasteiger partial charge >= 0.3 is 0 Å². The summed E-state index contributed by atoms with van der Waals surface area (Å²) in [6, 6.07) is 12.5. The molecule has 0 bridgehead atoms. The van der Waals surface area contributed by atoms with E-state index in [1.54, 1.807) is 18.2 Å². The monoisotopic (exact) mass is 399 g/mol. The summed E-state index contributed by atoms with van der Waals surface area (Å²) >= 11 is 1.38. The minimum absolute atomic E-state index is 0.161. The zero-order valence-electron chi connectivity index (χ0n) is 15.7. The number of hydrogen-bond donors (Lipinski definition) is 2. The van der Waals surface area contributed by atoms with Crippen LogP contribution in [0.1, 0.15) is 24.2 Å². The van der Waals surface area contributed by atoms with E-state index in [4.69, 9.17) is 9.47 Å². The molecule has 2 N–H and O–H groups in total. The van der Waals surface area contributed by atoms with Gasteiger partial charge in [0.15, 0.2) is 16.6 Å². The predicted molar refractivity (Wildman–Crippen MR) is 109 cm³/mol. The van der Waals surface area contributed by atoms with Crippen molar-refractivity contribution in [2.24, 2.45) is 0 Å². The Labute approximate surface area is 166 Å². The van der Waals surface area contributed by atoms with Crippen LogP contribution in [0.4, 0.5) is 5.13 Å². The second-order valence-electron chi connectivity index (χ2n) is 5.75. The molecule has 0 saturated heterocycles. The number of aromatic nitrogens is 1. The predicted octanol–water partition coefficient (Wildman–Crippen LogP) is 3.46. The summed E-state index contributed by atoms with van der Waals surface area (Å²) in [4.78, 5) is 28.8. The molecule has 28 heavy (non-hydrogen) atoms. The van der Waals surface area contributed by atoms with Gasteiger partial charge in [0.05, 0.1) is 30.0 Å². The molecule has 0 fully saturated rings. The summed E-state index contributed by atoms with van der Waals surface area (Å²) in [5.74, 6) is 0.359. The molecule has 3 aromatic rings. The van der Waals surface area contributed by atoms with Gasteiger partial charge in [-0.1, -0.05) is 23.5 Å². The lowest BCUT2D eigenvalue weighted by Crippen LogP contribution is -2.32. The minimum atomic E-state index is -0.372. The summed E-state index contributed by atoms with van der Waals surface area (Å²) < 4.78 is 12.0. The van der Waals surface area contributed by atoms with E-state index in [0.29, 0.717) is 35.4 Å². The number of para-hydroxylation sites is 1. The molecule has 8 heteroatoms. The lowest BCUT2D eigenvalue weighted by molar-refractivity contribution is -0.115. The van der Waals surface area contributed by atoms with E-state index in [2.05, 4.69) is 15.6 Å². The van der Waals surface area contributed by atoms with Crippen LogP contribution in [0, 0.1) is 0 Å². The van der Waals surface area contributed by atoms with Gasteiger partial charge in [0.2, 0.25) is 5.91 Å². The molecule has 0 spiro atoms. The second kappa shape index (κ2) is 9.18. The first-order valence-electron chi connectivity index (χ1n) is 8.94. The molecule has 146 valence electrons. The standard InChI is InChI=1S/C20H21N3O4S/c1-3-26-15-10-9-13(11-16(15)27-4-2)19(25)21-12-18(24)23-20-22-14-7-5-6-8-17(14)28-20/h5-11H,3-4,12H2,1-2H3,(H,21,25)(H,22,23,24). The highest BCUT2D eigenvalue weighted by Crippen LogP contribution is 2.28. The van der Waals surface area contributed by atoms with Gasteiger partial charge in [-0.05, 0) is 44.2 Å². The number of carbonyl (C=O) groups excluding carboxylic acids is 2. The number of anilines is 1. The molecule has 2 aromatic carbocycles. The van der Waals surface area contributed by atoms with Crippen molar-refractivity contribution in [1.29, 1.82) is 0 Å². The smallest absolute Gasteiger partial charge is 0.251 e. The van der Waals surface area contributed by atoms with Crippen LogP contribution < -0.4 is 20.1 Å². The van der Waals surface area contributed by atoms with Crippen LogP contribution in [0.2, 0.25) is 0 Å². The van der Waals surface area contributed by atoms with Crippen molar-refractivity contribution in [3.8, 4) is 11.5 Å². The molecule has 0 aliphatic carbocycles. The molecule has 1 aromatic heterocycles. The van der Waals surface area contributed by atoms with Crippen molar-refractivity contribution in [2.75, 3.05) is 25.1 Å². The molecular weight excluding hydrogens is 378 g/mol. The SMILES string of the molecule is CCOc1ccc(C(=O)NCC(=O)Nc2nc3ccccc3s2)cc1OCC. The van der Waals surface area contributed by atoms with E-state index in [0.717, 1.165) is 10.2 Å². The van der Waals surface area contributed by atoms with Crippen molar-refractivity contribution >= 4 is 38.5 Å². The number of benzene rings is 2. The molecule has 0 radical (unpaired) electrons. The molecule has 2 amide bonds. The summed E-state index contributed by atoms with van der Waals surface area (Å²) in [6.45, 7) is 4.52. The number of carbonyl (C=O) groups is 2. The highest BCUT2D eigenvalue weighted by molar-refractivity contribution is 7.22. The summed E-state index contributed by atoms with van der Waals surface area (Å²) in [6.07, 6.45) is 0. The van der Waals surface area contributed by atoms with E-state index >= 15 is 0 Å². The maximum absolute atomic E-state index is 12.4. The van der Waals surface area contributed by atoms with E-state index in [-0.39, 0.29) is 18.4 Å². The Balaban J connectivity index is 1.59. The molecular formula is C20H21N3O4S. The third-order valence-corrected chi connectivity index (χ3v) is 4.71. The maximum atomic E-state index is 12.4. The number of hydrogen-bond acceptors (Lipinski definition) is 6. The first-order valence-corrected chi connectivity index (χ1v) is 9.75. The molecule has 0 aliphatic rings. The van der Waals surface area contributed by atoms with Gasteiger partial charge in [0.25, 0.3) is 5.91 Å². The number of nitrogens with zero attached hydrogens (tertiary/aromatic N) is 1. The molecule has 0 aliphatic heterocycles. The largest absolute Gasteiger partial charge is 0.490 e. The van der Waals surface area contributed by atoms with Crippen molar-refractivity contribution in [2.45, 2.75) is 13.8 Å². The number of fused-ring (bicyclic) bond motifs is 1. The number of nitrogens with one attached hydrogen (secondary N) is 2. The third-order valence-electron chi connectivity index (χ3n) is 3.76. The van der Waals surface area contributed by atoms with Gasteiger partial charge in [-0.25, -0.2) is 4.98 Å². The Bertz CT molecular complexity index is 953. The van der Waals surface area contributed by atoms with Crippen molar-refractivity contribution in [1.82, 2.24) is 10.3 Å². The lowest BCUT2D eigenvalue weighted by Gasteiger charge is -2.12. The van der Waals surface area contributed by atoms with Crippen molar-refractivity contribution in [3.05, 3.63) is 48.0 Å². The number of ether oxygens (including phenoxy) is 2. The third kappa shape index (κ3) is 4.77. The van der Waals surface area contributed by atoms with Gasteiger partial charge in [-0.3, -0.25) is 9.59 Å². The van der Waals surface area contributed by atoms with Gasteiger partial charge in [0, 0.05) is 5.56 Å². The molecule has 1 heterocycles. The van der Waals surface area contributed by atoms with Crippen LogP contribution in [-0.4, -0.2) is 36.6 Å². The first-order chi connectivity index (χ1) is 13.6. The van der Waals surface area contributed by atoms with Gasteiger partial charge in [0.1, 0.15) is 0 Å². The topological polar surface area (TPSA) is 89.5 Å². The number of thiazole rings is 1. The van der Waals surface area contributed by atoms with Crippen molar-refractivity contribution in [3.63, 3.8) is 0 Å². The van der Waals surface area contributed by atoms with Crippen LogP contribution in [0.3, 0.4) is 0 Å². The van der Waals surface area contributed by atoms with E-state index < -0.39 is 0 Å². The van der Waals surface area contributed by atoms with E-state index in [1.807, 2.05) is 38.1 Å². The fraction of sp³-hybridized carbons (Fsp3) is 0.250. The highest BCUT2D eigenvalue weighted by Gasteiger charge is 2.13. The normalized spacial score (nSPS) is 10.5. The Morgan fingerprint density at radius 2 is 1.79 bits per heavy atom. The minimum Gasteiger partial charge on any atom is -0.490 e. The highest BCUT2D eigenvalue weighted by atomic mass is 32.1. The van der Waals surface area contributed by atoms with Gasteiger partial charge in [-0.2, -0.15) is 0 Å². The summed E-state index contributed by atoms with van der Waals surface area (Å²) in [5.41, 5.74) is 1.21. The van der Waals surface area contributed by atoms with Crippen LogP contribution >= 0.6 is 11.3 Å². The zero-order valence-corrected chi connectivity index (χ0v) is 16.5. The number of amides is 2. The Morgan fingerprint density at radius 1 is 1.04 bits per heavy atom. The average molecular weight is 399 g/mol. The molecule has 0 saturated carbocycles. The lowest BCUT2D eigenvalue weighted by atomic mass is 10.2. The van der Waals surface area contributed by atoms with Crippen molar-refractivity contribution < 1.29 is 19.1 Å². The van der Waals surface area contributed by atoms with Crippen LogP contribution in [0.15, 0.2) is 42.5 Å². The van der Waals surface area contributed by atoms with Gasteiger partial charge in [-0.15, -0.1) is 0 Å². The Hall–Kier alpha value is -3.13. The fourth-order valence-electron chi connectivity index (χ4n) is 2.54. The maximum Gasteiger partial charge on any atom is 0.251 e. The van der Waals surface area contributed by atoms with Gasteiger partial charge < -0.3 is 20.1 Å². The van der Waals surface area contributed by atoms with E-state index in [1.165, 1.54) is 11.3 Å².